The summed E-state index contributed by atoms with van der Waals surface area (Å²) in [5, 5.41) is 5.82. The predicted molar refractivity (Wildman–Crippen MR) is 109 cm³/mol. The van der Waals surface area contributed by atoms with Crippen molar-refractivity contribution in [3.8, 4) is 11.5 Å². The third-order valence-electron chi connectivity index (χ3n) is 4.51. The van der Waals surface area contributed by atoms with Gasteiger partial charge in [-0.25, -0.2) is 0 Å². The molecule has 3 rings (SSSR count). The maximum absolute atomic E-state index is 12.7. The van der Waals surface area contributed by atoms with Crippen LogP contribution >= 0.6 is 0 Å². The van der Waals surface area contributed by atoms with E-state index in [0.29, 0.717) is 41.7 Å². The van der Waals surface area contributed by atoms with E-state index < -0.39 is 0 Å². The summed E-state index contributed by atoms with van der Waals surface area (Å²) in [5.41, 5.74) is 2.72. The summed E-state index contributed by atoms with van der Waals surface area (Å²) < 4.78 is 11.1. The molecule has 2 amide bonds. The van der Waals surface area contributed by atoms with Crippen molar-refractivity contribution >= 4 is 23.2 Å². The normalized spacial score (nSPS) is 13.0. The highest BCUT2D eigenvalue weighted by molar-refractivity contribution is 6.05. The van der Waals surface area contributed by atoms with Crippen LogP contribution in [0.15, 0.2) is 36.4 Å². The molecule has 2 aromatic rings. The number of amides is 2. The Morgan fingerprint density at radius 3 is 2.36 bits per heavy atom. The van der Waals surface area contributed by atoms with Crippen molar-refractivity contribution in [3.05, 3.63) is 47.5 Å². The first-order valence-electron chi connectivity index (χ1n) is 9.64. The molecule has 1 fully saturated rings. The smallest absolute Gasteiger partial charge is 0.255 e. The van der Waals surface area contributed by atoms with Gasteiger partial charge in [0, 0.05) is 22.9 Å². The van der Waals surface area contributed by atoms with Crippen LogP contribution in [0.5, 0.6) is 11.5 Å². The largest absolute Gasteiger partial charge is 0.490 e. The molecule has 0 spiro atoms. The van der Waals surface area contributed by atoms with E-state index in [-0.39, 0.29) is 17.7 Å². The molecular weight excluding hydrogens is 356 g/mol. The highest BCUT2D eigenvalue weighted by Gasteiger charge is 2.29. The van der Waals surface area contributed by atoms with E-state index in [1.807, 2.05) is 32.9 Å². The van der Waals surface area contributed by atoms with E-state index in [1.165, 1.54) is 0 Å². The van der Waals surface area contributed by atoms with Crippen LogP contribution in [-0.2, 0) is 4.79 Å². The second-order valence-electron chi connectivity index (χ2n) is 6.77. The number of carbonyl (C=O) groups is 2. The maximum Gasteiger partial charge on any atom is 0.255 e. The molecule has 0 bridgehead atoms. The minimum absolute atomic E-state index is 0.0361. The van der Waals surface area contributed by atoms with Crippen LogP contribution in [0, 0.1) is 12.8 Å². The van der Waals surface area contributed by atoms with Gasteiger partial charge in [-0.2, -0.15) is 0 Å². The summed E-state index contributed by atoms with van der Waals surface area (Å²) in [6, 6.07) is 10.6. The molecule has 148 valence electrons. The molecule has 28 heavy (non-hydrogen) atoms. The number of rotatable bonds is 8. The van der Waals surface area contributed by atoms with E-state index in [4.69, 9.17) is 9.47 Å². The average Bonchev–Trinajstić information content (AvgIpc) is 3.51. The fourth-order valence-corrected chi connectivity index (χ4v) is 2.81. The summed E-state index contributed by atoms with van der Waals surface area (Å²) in [5.74, 6) is 1.06. The molecule has 0 unspecified atom stereocenters. The Kier molecular flexibility index (Phi) is 6.19. The zero-order valence-corrected chi connectivity index (χ0v) is 16.5. The zero-order chi connectivity index (χ0) is 20.1. The molecule has 1 aliphatic carbocycles. The number of benzene rings is 2. The number of anilines is 2. The van der Waals surface area contributed by atoms with E-state index in [9.17, 15) is 9.59 Å². The Labute approximate surface area is 165 Å². The molecule has 0 aromatic heterocycles. The van der Waals surface area contributed by atoms with Crippen molar-refractivity contribution in [1.29, 1.82) is 0 Å². The lowest BCUT2D eigenvalue weighted by Gasteiger charge is -2.14. The molecule has 0 saturated heterocycles. The highest BCUT2D eigenvalue weighted by atomic mass is 16.5. The number of hydrogen-bond donors (Lipinski definition) is 2. The van der Waals surface area contributed by atoms with Crippen molar-refractivity contribution in [3.63, 3.8) is 0 Å². The number of aryl methyl sites for hydroxylation is 1. The van der Waals surface area contributed by atoms with Crippen LogP contribution in [0.2, 0.25) is 0 Å². The fraction of sp³-hybridized carbons (Fsp3) is 0.364. The van der Waals surface area contributed by atoms with Gasteiger partial charge < -0.3 is 20.1 Å². The Hall–Kier alpha value is -3.02. The van der Waals surface area contributed by atoms with Crippen molar-refractivity contribution in [1.82, 2.24) is 0 Å². The molecule has 0 aliphatic heterocycles. The predicted octanol–water partition coefficient (Wildman–Crippen LogP) is 4.39. The maximum atomic E-state index is 12.7. The average molecular weight is 382 g/mol. The lowest BCUT2D eigenvalue weighted by atomic mass is 10.1. The van der Waals surface area contributed by atoms with Gasteiger partial charge in [0.05, 0.1) is 13.2 Å². The van der Waals surface area contributed by atoms with Crippen LogP contribution in [0.25, 0.3) is 0 Å². The Morgan fingerprint density at radius 1 is 0.964 bits per heavy atom. The molecule has 2 aromatic carbocycles. The van der Waals surface area contributed by atoms with Gasteiger partial charge in [-0.05, 0) is 69.5 Å². The minimum atomic E-state index is -0.252. The monoisotopic (exact) mass is 382 g/mol. The van der Waals surface area contributed by atoms with E-state index in [0.717, 1.165) is 18.4 Å². The third-order valence-corrected chi connectivity index (χ3v) is 4.51. The van der Waals surface area contributed by atoms with Crippen LogP contribution in [0.3, 0.4) is 0 Å². The molecule has 1 saturated carbocycles. The number of carbonyl (C=O) groups excluding carboxylic acids is 2. The van der Waals surface area contributed by atoms with Crippen molar-refractivity contribution in [2.75, 3.05) is 23.8 Å². The molecular formula is C22H26N2O4. The van der Waals surface area contributed by atoms with Crippen molar-refractivity contribution in [2.24, 2.45) is 5.92 Å². The van der Waals surface area contributed by atoms with Crippen LogP contribution in [0.4, 0.5) is 11.4 Å². The SMILES string of the molecule is CCOc1ccc(C(=O)Nc2cc(NC(=O)C3CC3)ccc2C)cc1OCC. The molecule has 0 heterocycles. The molecule has 1 aliphatic rings. The number of hydrogen-bond acceptors (Lipinski definition) is 4. The quantitative estimate of drug-likeness (QED) is 0.710. The van der Waals surface area contributed by atoms with Gasteiger partial charge in [0.25, 0.3) is 5.91 Å². The van der Waals surface area contributed by atoms with Crippen LogP contribution in [-0.4, -0.2) is 25.0 Å². The Balaban J connectivity index is 1.76. The first kappa shape index (κ1) is 19.7. The van der Waals surface area contributed by atoms with Gasteiger partial charge in [0.1, 0.15) is 0 Å². The summed E-state index contributed by atoms with van der Waals surface area (Å²) in [4.78, 5) is 24.7. The molecule has 6 heteroatoms. The van der Waals surface area contributed by atoms with Gasteiger partial charge in [-0.1, -0.05) is 6.07 Å². The molecule has 0 atom stereocenters. The van der Waals surface area contributed by atoms with Gasteiger partial charge in [0.2, 0.25) is 5.91 Å². The topological polar surface area (TPSA) is 76.7 Å². The number of nitrogens with one attached hydrogen (secondary N) is 2. The first-order valence-corrected chi connectivity index (χ1v) is 9.64. The molecule has 6 nitrogen and oxygen atoms in total. The van der Waals surface area contributed by atoms with Crippen molar-refractivity contribution in [2.45, 2.75) is 33.6 Å². The summed E-state index contributed by atoms with van der Waals surface area (Å²) >= 11 is 0. The standard InChI is InChI=1S/C22H26N2O4/c1-4-27-19-11-9-16(12-20(19)28-5-2)22(26)24-18-13-17(10-6-14(18)3)23-21(25)15-7-8-15/h6,9-13,15H,4-5,7-8H2,1-3H3,(H,23,25)(H,24,26). The van der Waals surface area contributed by atoms with Gasteiger partial charge in [-0.15, -0.1) is 0 Å². The second kappa shape index (κ2) is 8.78. The third kappa shape index (κ3) is 4.82. The van der Waals surface area contributed by atoms with E-state index in [1.54, 1.807) is 24.3 Å². The lowest BCUT2D eigenvalue weighted by Crippen LogP contribution is -2.15. The summed E-state index contributed by atoms with van der Waals surface area (Å²) in [7, 11) is 0. The van der Waals surface area contributed by atoms with Gasteiger partial charge in [-0.3, -0.25) is 9.59 Å². The van der Waals surface area contributed by atoms with Gasteiger partial charge >= 0.3 is 0 Å². The Morgan fingerprint density at radius 2 is 1.68 bits per heavy atom. The van der Waals surface area contributed by atoms with Crippen LogP contribution in [0.1, 0.15) is 42.6 Å². The second-order valence-corrected chi connectivity index (χ2v) is 6.77. The zero-order valence-electron chi connectivity index (χ0n) is 16.5. The summed E-state index contributed by atoms with van der Waals surface area (Å²) in [6.07, 6.45) is 1.89. The highest BCUT2D eigenvalue weighted by Crippen LogP contribution is 2.31. The van der Waals surface area contributed by atoms with E-state index in [2.05, 4.69) is 10.6 Å². The fourth-order valence-electron chi connectivity index (χ4n) is 2.81. The number of ether oxygens (including phenoxy) is 2. The first-order chi connectivity index (χ1) is 13.5. The Bertz CT molecular complexity index is 875. The van der Waals surface area contributed by atoms with E-state index >= 15 is 0 Å². The minimum Gasteiger partial charge on any atom is -0.490 e. The van der Waals surface area contributed by atoms with Gasteiger partial charge in [0.15, 0.2) is 11.5 Å². The lowest BCUT2D eigenvalue weighted by molar-refractivity contribution is -0.117. The molecule has 2 N–H and O–H groups in total. The molecule has 0 radical (unpaired) electrons. The van der Waals surface area contributed by atoms with Crippen LogP contribution < -0.4 is 20.1 Å². The summed E-state index contributed by atoms with van der Waals surface area (Å²) in [6.45, 7) is 6.68. The van der Waals surface area contributed by atoms with Crippen molar-refractivity contribution < 1.29 is 19.1 Å².